The highest BCUT2D eigenvalue weighted by atomic mass is 35.5. The molecule has 3 aromatic rings. The zero-order valence-corrected chi connectivity index (χ0v) is 23.9. The maximum Gasteiger partial charge on any atom is 0.326 e. The van der Waals surface area contributed by atoms with Gasteiger partial charge in [-0.3, -0.25) is 14.7 Å². The van der Waals surface area contributed by atoms with Gasteiger partial charge in [-0.1, -0.05) is 47.5 Å². The standard InChI is InChI=1S/C30H30Cl2N4O4/c1-18(2)40-25-16-23(39-3)11-12-24(25)29-34-27(20-5-4-6-22(32)15-20)28(19-7-9-21(31)10-8-19)36(29)30(38)35-14-13-33-26(37)17-35/h4-12,15-16,18,27-28H,13-14,17H2,1-3H3,(H,33,37)/t27-,28+/m1/s1. The number of ether oxygens (including phenoxy) is 2. The van der Waals surface area contributed by atoms with E-state index in [0.717, 1.165) is 11.1 Å². The summed E-state index contributed by atoms with van der Waals surface area (Å²) >= 11 is 12.7. The van der Waals surface area contributed by atoms with Crippen molar-refractivity contribution in [2.75, 3.05) is 26.7 Å². The van der Waals surface area contributed by atoms with Gasteiger partial charge in [-0.2, -0.15) is 0 Å². The largest absolute Gasteiger partial charge is 0.497 e. The number of amides is 3. The Kier molecular flexibility index (Phi) is 8.19. The average molecular weight is 582 g/mol. The Morgan fingerprint density at radius 2 is 1.80 bits per heavy atom. The average Bonchev–Trinajstić information content (AvgIpc) is 3.33. The lowest BCUT2D eigenvalue weighted by atomic mass is 9.93. The van der Waals surface area contributed by atoms with Crippen molar-refractivity contribution in [3.63, 3.8) is 0 Å². The van der Waals surface area contributed by atoms with Gasteiger partial charge in [-0.25, -0.2) is 4.79 Å². The molecule has 0 aliphatic carbocycles. The van der Waals surface area contributed by atoms with Gasteiger partial charge in [0.1, 0.15) is 29.9 Å². The first-order valence-electron chi connectivity index (χ1n) is 13.0. The molecule has 1 fully saturated rings. The predicted molar refractivity (Wildman–Crippen MR) is 155 cm³/mol. The zero-order chi connectivity index (χ0) is 28.4. The number of hydrogen-bond acceptors (Lipinski definition) is 5. The summed E-state index contributed by atoms with van der Waals surface area (Å²) in [5.41, 5.74) is 2.31. The van der Waals surface area contributed by atoms with E-state index in [1.807, 2.05) is 56.3 Å². The molecule has 0 radical (unpaired) electrons. The highest BCUT2D eigenvalue weighted by Crippen LogP contribution is 2.46. The van der Waals surface area contributed by atoms with Gasteiger partial charge in [0.2, 0.25) is 5.91 Å². The molecular weight excluding hydrogens is 551 g/mol. The minimum absolute atomic E-state index is 0.0459. The van der Waals surface area contributed by atoms with Gasteiger partial charge in [0.25, 0.3) is 0 Å². The maximum absolute atomic E-state index is 14.4. The van der Waals surface area contributed by atoms with Crippen molar-refractivity contribution >= 4 is 41.0 Å². The molecule has 0 saturated carbocycles. The number of aliphatic imine (C=N–C) groups is 1. The SMILES string of the molecule is COc1ccc(C2=N[C@H](c3cccc(Cl)c3)[C@H](c3ccc(Cl)cc3)N2C(=O)N2CCNC(=O)C2)c(OC(C)C)c1. The molecule has 1 N–H and O–H groups in total. The Labute approximate surface area is 243 Å². The summed E-state index contributed by atoms with van der Waals surface area (Å²) in [6.07, 6.45) is -0.140. The Bertz CT molecular complexity index is 1440. The van der Waals surface area contributed by atoms with Crippen molar-refractivity contribution < 1.29 is 19.1 Å². The topological polar surface area (TPSA) is 83.5 Å². The van der Waals surface area contributed by atoms with Crippen molar-refractivity contribution in [1.82, 2.24) is 15.1 Å². The molecule has 40 heavy (non-hydrogen) atoms. The van der Waals surface area contributed by atoms with Gasteiger partial charge in [0.05, 0.1) is 24.8 Å². The van der Waals surface area contributed by atoms with Crippen LogP contribution in [0.15, 0.2) is 71.7 Å². The minimum Gasteiger partial charge on any atom is -0.497 e. The van der Waals surface area contributed by atoms with Crippen molar-refractivity contribution in [3.8, 4) is 11.5 Å². The lowest BCUT2D eigenvalue weighted by Crippen LogP contribution is -2.55. The first-order valence-corrected chi connectivity index (χ1v) is 13.8. The van der Waals surface area contributed by atoms with Crippen LogP contribution in [0.1, 0.15) is 42.6 Å². The fourth-order valence-electron chi connectivity index (χ4n) is 5.01. The molecule has 208 valence electrons. The number of urea groups is 1. The van der Waals surface area contributed by atoms with Gasteiger partial charge < -0.3 is 19.7 Å². The molecule has 2 atom stereocenters. The fraction of sp³-hybridized carbons (Fsp3) is 0.300. The molecule has 0 unspecified atom stereocenters. The van der Waals surface area contributed by atoms with Crippen LogP contribution in [0.3, 0.4) is 0 Å². The van der Waals surface area contributed by atoms with E-state index in [1.54, 1.807) is 41.2 Å². The Hall–Kier alpha value is -3.75. The van der Waals surface area contributed by atoms with Crippen molar-refractivity contribution in [2.24, 2.45) is 4.99 Å². The van der Waals surface area contributed by atoms with Gasteiger partial charge in [-0.15, -0.1) is 0 Å². The maximum atomic E-state index is 14.4. The highest BCUT2D eigenvalue weighted by molar-refractivity contribution is 6.30. The second-order valence-electron chi connectivity index (χ2n) is 9.90. The van der Waals surface area contributed by atoms with E-state index in [2.05, 4.69) is 5.32 Å². The van der Waals surface area contributed by atoms with Gasteiger partial charge in [0, 0.05) is 29.2 Å². The van der Waals surface area contributed by atoms with E-state index < -0.39 is 12.1 Å². The van der Waals surface area contributed by atoms with Gasteiger partial charge in [-0.05, 0) is 61.4 Å². The molecule has 3 amide bonds. The number of carbonyl (C=O) groups is 2. The molecule has 3 aromatic carbocycles. The van der Waals surface area contributed by atoms with E-state index in [1.165, 1.54) is 0 Å². The predicted octanol–water partition coefficient (Wildman–Crippen LogP) is 5.89. The minimum atomic E-state index is -0.544. The van der Waals surface area contributed by atoms with Crippen LogP contribution in [-0.4, -0.2) is 60.4 Å². The van der Waals surface area contributed by atoms with Gasteiger partial charge >= 0.3 is 6.03 Å². The smallest absolute Gasteiger partial charge is 0.326 e. The van der Waals surface area contributed by atoms with E-state index in [-0.39, 0.29) is 24.6 Å². The number of nitrogens with zero attached hydrogens (tertiary/aromatic N) is 3. The first kappa shape index (κ1) is 27.8. The molecule has 8 nitrogen and oxygen atoms in total. The normalized spacial score (nSPS) is 18.9. The van der Waals surface area contributed by atoms with Crippen LogP contribution < -0.4 is 14.8 Å². The molecule has 1 saturated heterocycles. The number of rotatable bonds is 6. The van der Waals surface area contributed by atoms with Crippen molar-refractivity contribution in [2.45, 2.75) is 32.0 Å². The van der Waals surface area contributed by atoms with E-state index in [9.17, 15) is 9.59 Å². The van der Waals surface area contributed by atoms with Crippen LogP contribution in [0, 0.1) is 0 Å². The van der Waals surface area contributed by atoms with Crippen molar-refractivity contribution in [1.29, 1.82) is 0 Å². The summed E-state index contributed by atoms with van der Waals surface area (Å²) in [5.74, 6) is 1.37. The van der Waals surface area contributed by atoms with E-state index in [4.69, 9.17) is 37.7 Å². The summed E-state index contributed by atoms with van der Waals surface area (Å²) in [6.45, 7) is 4.57. The summed E-state index contributed by atoms with van der Waals surface area (Å²) in [6, 6.07) is 18.9. The number of methoxy groups -OCH3 is 1. The second-order valence-corrected chi connectivity index (χ2v) is 10.8. The number of halogens is 2. The lowest BCUT2D eigenvalue weighted by molar-refractivity contribution is -0.123. The van der Waals surface area contributed by atoms with E-state index >= 15 is 0 Å². The molecule has 0 aromatic heterocycles. The summed E-state index contributed by atoms with van der Waals surface area (Å²) in [5, 5.41) is 3.93. The number of hydrogen-bond donors (Lipinski definition) is 1. The number of benzene rings is 3. The lowest BCUT2D eigenvalue weighted by Gasteiger charge is -2.36. The van der Waals surface area contributed by atoms with E-state index in [0.29, 0.717) is 46.0 Å². The van der Waals surface area contributed by atoms with Gasteiger partial charge in [0.15, 0.2) is 0 Å². The molecule has 0 bridgehead atoms. The first-order chi connectivity index (χ1) is 19.2. The van der Waals surface area contributed by atoms with Crippen molar-refractivity contribution in [3.05, 3.63) is 93.5 Å². The van der Waals surface area contributed by atoms with Crippen LogP contribution in [0.25, 0.3) is 0 Å². The quantitative estimate of drug-likeness (QED) is 0.394. The van der Waals surface area contributed by atoms with Crippen LogP contribution in [0.5, 0.6) is 11.5 Å². The number of piperazine rings is 1. The molecular formula is C30H30Cl2N4O4. The third-order valence-corrected chi connectivity index (χ3v) is 7.26. The molecule has 2 heterocycles. The summed E-state index contributed by atoms with van der Waals surface area (Å²) in [4.78, 5) is 35.0. The monoisotopic (exact) mass is 580 g/mol. The number of amidine groups is 1. The zero-order valence-electron chi connectivity index (χ0n) is 22.4. The van der Waals surface area contributed by atoms with Crippen LogP contribution in [0.4, 0.5) is 4.79 Å². The third-order valence-electron chi connectivity index (χ3n) is 6.78. The molecule has 2 aliphatic rings. The Morgan fingerprint density at radius 3 is 2.48 bits per heavy atom. The summed E-state index contributed by atoms with van der Waals surface area (Å²) in [7, 11) is 1.59. The molecule has 5 rings (SSSR count). The second kappa shape index (κ2) is 11.8. The van der Waals surface area contributed by atoms with Crippen LogP contribution >= 0.6 is 23.2 Å². The Morgan fingerprint density at radius 1 is 1.02 bits per heavy atom. The van der Waals surface area contributed by atoms with Crippen LogP contribution in [0.2, 0.25) is 10.0 Å². The molecule has 2 aliphatic heterocycles. The molecule has 0 spiro atoms. The fourth-order valence-corrected chi connectivity index (χ4v) is 5.33. The number of carbonyl (C=O) groups excluding carboxylic acids is 2. The van der Waals surface area contributed by atoms with Crippen LogP contribution in [-0.2, 0) is 4.79 Å². The molecule has 10 heteroatoms. The summed E-state index contributed by atoms with van der Waals surface area (Å²) < 4.78 is 11.7. The number of nitrogens with one attached hydrogen (secondary N) is 1. The third kappa shape index (κ3) is 5.74. The Balaban J connectivity index is 1.72. The highest BCUT2D eigenvalue weighted by Gasteiger charge is 2.45.